The van der Waals surface area contributed by atoms with Crippen LogP contribution in [-0.2, 0) is 9.05 Å². The Hall–Kier alpha value is -0.590. The van der Waals surface area contributed by atoms with Crippen molar-refractivity contribution in [3.05, 3.63) is 27.7 Å². The quantitative estimate of drug-likeness (QED) is 0.794. The van der Waals surface area contributed by atoms with Crippen LogP contribution in [0.3, 0.4) is 0 Å². The van der Waals surface area contributed by atoms with E-state index in [1.54, 1.807) is 13.0 Å². The number of rotatable bonds is 3. The lowest BCUT2D eigenvalue weighted by molar-refractivity contribution is 0.0927. The molecule has 1 aromatic carbocycles. The van der Waals surface area contributed by atoms with Crippen LogP contribution in [0.4, 0.5) is 0 Å². The van der Waals surface area contributed by atoms with Crippen molar-refractivity contribution in [1.82, 2.24) is 5.32 Å². The standard InChI is InChI=1S/C14H17BrClNO3S/c1-9-7-10(8-12(13(9)15)21(16,19)20)14(18)17-11-5-3-2-4-6-11/h7-8,11H,2-6H2,1H3,(H,17,18). The second-order valence-corrected chi connectivity index (χ2v) is 8.68. The molecule has 0 aromatic heterocycles. The van der Waals surface area contributed by atoms with Crippen LogP contribution >= 0.6 is 26.6 Å². The van der Waals surface area contributed by atoms with Crippen molar-refractivity contribution in [2.75, 3.05) is 0 Å². The topological polar surface area (TPSA) is 63.2 Å². The zero-order valence-corrected chi connectivity index (χ0v) is 14.8. The smallest absolute Gasteiger partial charge is 0.262 e. The highest BCUT2D eigenvalue weighted by atomic mass is 79.9. The SMILES string of the molecule is Cc1cc(C(=O)NC2CCCCC2)cc(S(=O)(=O)Cl)c1Br. The molecule has 1 aliphatic rings. The van der Waals surface area contributed by atoms with E-state index in [1.165, 1.54) is 12.5 Å². The van der Waals surface area contributed by atoms with Gasteiger partial charge >= 0.3 is 0 Å². The van der Waals surface area contributed by atoms with Crippen molar-refractivity contribution in [3.63, 3.8) is 0 Å². The third-order valence-electron chi connectivity index (χ3n) is 3.69. The van der Waals surface area contributed by atoms with Crippen molar-refractivity contribution < 1.29 is 13.2 Å². The molecule has 1 aliphatic carbocycles. The third kappa shape index (κ3) is 4.20. The Morgan fingerprint density at radius 2 is 1.90 bits per heavy atom. The molecule has 1 fully saturated rings. The van der Waals surface area contributed by atoms with Gasteiger partial charge in [-0.1, -0.05) is 19.3 Å². The third-order valence-corrected chi connectivity index (χ3v) is 6.35. The van der Waals surface area contributed by atoms with Gasteiger partial charge in [-0.15, -0.1) is 0 Å². The molecule has 0 saturated heterocycles. The lowest BCUT2D eigenvalue weighted by atomic mass is 9.95. The van der Waals surface area contributed by atoms with E-state index in [2.05, 4.69) is 21.2 Å². The number of hydrogen-bond donors (Lipinski definition) is 1. The molecule has 0 radical (unpaired) electrons. The normalized spacial score (nSPS) is 16.7. The lowest BCUT2D eigenvalue weighted by Crippen LogP contribution is -2.36. The van der Waals surface area contributed by atoms with Gasteiger partial charge in [0.1, 0.15) is 0 Å². The van der Waals surface area contributed by atoms with Gasteiger partial charge in [-0.25, -0.2) is 8.42 Å². The van der Waals surface area contributed by atoms with Crippen LogP contribution in [0.1, 0.15) is 48.0 Å². The minimum Gasteiger partial charge on any atom is -0.349 e. The summed E-state index contributed by atoms with van der Waals surface area (Å²) in [5.41, 5.74) is 0.978. The highest BCUT2D eigenvalue weighted by Gasteiger charge is 2.21. The van der Waals surface area contributed by atoms with Crippen LogP contribution in [0.5, 0.6) is 0 Å². The minimum absolute atomic E-state index is 0.0713. The predicted molar refractivity (Wildman–Crippen MR) is 86.3 cm³/mol. The summed E-state index contributed by atoms with van der Waals surface area (Å²) in [5.74, 6) is -0.251. The van der Waals surface area contributed by atoms with Gasteiger partial charge in [0.15, 0.2) is 0 Å². The van der Waals surface area contributed by atoms with Crippen molar-refractivity contribution in [2.45, 2.75) is 50.0 Å². The van der Waals surface area contributed by atoms with Crippen molar-refractivity contribution in [3.8, 4) is 0 Å². The van der Waals surface area contributed by atoms with Crippen LogP contribution in [0, 0.1) is 6.92 Å². The maximum Gasteiger partial charge on any atom is 0.262 e. The average Bonchev–Trinajstić information content (AvgIpc) is 2.41. The summed E-state index contributed by atoms with van der Waals surface area (Å²) in [6, 6.07) is 3.15. The Labute approximate surface area is 137 Å². The molecular formula is C14H17BrClNO3S. The van der Waals surface area contributed by atoms with Gasteiger partial charge in [-0.05, 0) is 53.4 Å². The molecular weight excluding hydrogens is 378 g/mol. The molecule has 7 heteroatoms. The minimum atomic E-state index is -3.90. The fourth-order valence-corrected chi connectivity index (χ4v) is 4.72. The summed E-state index contributed by atoms with van der Waals surface area (Å²) >= 11 is 3.20. The van der Waals surface area contributed by atoms with Crippen LogP contribution in [0.25, 0.3) is 0 Å². The molecule has 1 saturated carbocycles. The molecule has 0 aliphatic heterocycles. The molecule has 1 aromatic rings. The molecule has 2 rings (SSSR count). The molecule has 0 bridgehead atoms. The van der Waals surface area contributed by atoms with Gasteiger partial charge in [0.25, 0.3) is 15.0 Å². The van der Waals surface area contributed by atoms with Crippen LogP contribution in [0.2, 0.25) is 0 Å². The molecule has 0 unspecified atom stereocenters. The predicted octanol–water partition coefficient (Wildman–Crippen LogP) is 3.75. The summed E-state index contributed by atoms with van der Waals surface area (Å²) in [7, 11) is 1.52. The van der Waals surface area contributed by atoms with E-state index in [0.29, 0.717) is 15.6 Å². The van der Waals surface area contributed by atoms with E-state index in [0.717, 1.165) is 25.7 Å². The van der Waals surface area contributed by atoms with Crippen molar-refractivity contribution in [1.29, 1.82) is 0 Å². The summed E-state index contributed by atoms with van der Waals surface area (Å²) in [5, 5.41) is 2.97. The van der Waals surface area contributed by atoms with Gasteiger partial charge < -0.3 is 5.32 Å². The molecule has 116 valence electrons. The highest BCUT2D eigenvalue weighted by molar-refractivity contribution is 9.10. The zero-order valence-electron chi connectivity index (χ0n) is 11.7. The van der Waals surface area contributed by atoms with Gasteiger partial charge in [-0.3, -0.25) is 4.79 Å². The molecule has 1 N–H and O–H groups in total. The van der Waals surface area contributed by atoms with E-state index < -0.39 is 9.05 Å². The summed E-state index contributed by atoms with van der Waals surface area (Å²) < 4.78 is 23.5. The maximum atomic E-state index is 12.3. The largest absolute Gasteiger partial charge is 0.349 e. The maximum absolute atomic E-state index is 12.3. The zero-order chi connectivity index (χ0) is 15.6. The van der Waals surface area contributed by atoms with Gasteiger partial charge in [0.2, 0.25) is 0 Å². The Kier molecular flexibility index (Phi) is 5.33. The van der Waals surface area contributed by atoms with E-state index in [-0.39, 0.29) is 16.8 Å². The lowest BCUT2D eigenvalue weighted by Gasteiger charge is -2.23. The number of nitrogens with one attached hydrogen (secondary N) is 1. The first-order chi connectivity index (χ1) is 9.79. The fraction of sp³-hybridized carbons (Fsp3) is 0.500. The van der Waals surface area contributed by atoms with Gasteiger partial charge in [0.05, 0.1) is 4.90 Å². The molecule has 0 heterocycles. The number of carbonyl (C=O) groups excluding carboxylic acids is 1. The second-order valence-electron chi connectivity index (χ2n) is 5.35. The summed E-state index contributed by atoms with van der Waals surface area (Å²) in [6.45, 7) is 1.73. The monoisotopic (exact) mass is 393 g/mol. The summed E-state index contributed by atoms with van der Waals surface area (Å²) in [4.78, 5) is 12.2. The second kappa shape index (κ2) is 6.67. The number of carbonyl (C=O) groups is 1. The van der Waals surface area contributed by atoms with E-state index in [9.17, 15) is 13.2 Å². The van der Waals surface area contributed by atoms with Crippen LogP contribution in [-0.4, -0.2) is 20.4 Å². The highest BCUT2D eigenvalue weighted by Crippen LogP contribution is 2.30. The van der Waals surface area contributed by atoms with Crippen LogP contribution < -0.4 is 5.32 Å². The summed E-state index contributed by atoms with van der Waals surface area (Å²) in [6.07, 6.45) is 5.39. The number of hydrogen-bond acceptors (Lipinski definition) is 3. The first-order valence-electron chi connectivity index (χ1n) is 6.84. The first-order valence-corrected chi connectivity index (χ1v) is 9.95. The molecule has 0 spiro atoms. The molecule has 21 heavy (non-hydrogen) atoms. The number of amides is 1. The molecule has 1 amide bonds. The number of aryl methyl sites for hydroxylation is 1. The van der Waals surface area contributed by atoms with Crippen molar-refractivity contribution >= 4 is 41.6 Å². The van der Waals surface area contributed by atoms with Gasteiger partial charge in [-0.2, -0.15) is 0 Å². The Balaban J connectivity index is 2.27. The van der Waals surface area contributed by atoms with Crippen molar-refractivity contribution in [2.24, 2.45) is 0 Å². The van der Waals surface area contributed by atoms with E-state index in [1.807, 2.05) is 0 Å². The Morgan fingerprint density at radius 3 is 2.48 bits per heavy atom. The average molecular weight is 395 g/mol. The fourth-order valence-electron chi connectivity index (χ4n) is 2.56. The number of benzene rings is 1. The Morgan fingerprint density at radius 1 is 1.29 bits per heavy atom. The van der Waals surface area contributed by atoms with Crippen LogP contribution in [0.15, 0.2) is 21.5 Å². The Bertz CT molecular complexity index is 654. The van der Waals surface area contributed by atoms with E-state index >= 15 is 0 Å². The first kappa shape index (κ1) is 16.8. The number of halogens is 2. The van der Waals surface area contributed by atoms with E-state index in [4.69, 9.17) is 10.7 Å². The van der Waals surface area contributed by atoms with Gasteiger partial charge in [0, 0.05) is 26.8 Å². The molecule has 4 nitrogen and oxygen atoms in total. The molecule has 0 atom stereocenters.